The van der Waals surface area contributed by atoms with Crippen molar-refractivity contribution in [1.29, 1.82) is 0 Å². The Kier molecular flexibility index (Phi) is 4.52. The van der Waals surface area contributed by atoms with Gasteiger partial charge in [-0.05, 0) is 31.9 Å². The molecule has 0 saturated carbocycles. The second kappa shape index (κ2) is 5.38. The summed E-state index contributed by atoms with van der Waals surface area (Å²) in [6, 6.07) is 1.30. The van der Waals surface area contributed by atoms with E-state index in [1.54, 1.807) is 6.92 Å². The van der Waals surface area contributed by atoms with Crippen LogP contribution in [0.3, 0.4) is 0 Å². The van der Waals surface area contributed by atoms with Gasteiger partial charge in [0.25, 0.3) is 10.0 Å². The summed E-state index contributed by atoms with van der Waals surface area (Å²) in [5.41, 5.74) is 0.476. The fourth-order valence-corrected chi connectivity index (χ4v) is 4.43. The van der Waals surface area contributed by atoms with Gasteiger partial charge in [0.15, 0.2) is 0 Å². The zero-order valence-corrected chi connectivity index (χ0v) is 12.4. The maximum atomic E-state index is 12.3. The number of thiophene rings is 1. The first-order valence-corrected chi connectivity index (χ1v) is 7.79. The number of aryl methyl sites for hydroxylation is 1. The van der Waals surface area contributed by atoms with E-state index in [1.807, 2.05) is 13.8 Å². The van der Waals surface area contributed by atoms with Gasteiger partial charge in [-0.1, -0.05) is 6.92 Å². The Hall–Kier alpha value is -0.920. The molecule has 0 fully saturated rings. The molecule has 0 spiro atoms. The van der Waals surface area contributed by atoms with Gasteiger partial charge in [0.2, 0.25) is 0 Å². The van der Waals surface area contributed by atoms with Crippen LogP contribution >= 0.6 is 11.3 Å². The molecule has 1 N–H and O–H groups in total. The molecule has 0 aliphatic rings. The quantitative estimate of drug-likeness (QED) is 0.902. The van der Waals surface area contributed by atoms with Gasteiger partial charge in [-0.15, -0.1) is 11.3 Å². The van der Waals surface area contributed by atoms with Crippen molar-refractivity contribution in [3.8, 4) is 0 Å². The summed E-state index contributed by atoms with van der Waals surface area (Å²) >= 11 is 0.802. The predicted molar refractivity (Wildman–Crippen MR) is 70.7 cm³/mol. The van der Waals surface area contributed by atoms with Crippen molar-refractivity contribution in [3.05, 3.63) is 16.5 Å². The van der Waals surface area contributed by atoms with Gasteiger partial charge in [0, 0.05) is 13.1 Å². The van der Waals surface area contributed by atoms with E-state index in [4.69, 9.17) is 5.11 Å². The van der Waals surface area contributed by atoms with Crippen molar-refractivity contribution in [2.24, 2.45) is 0 Å². The summed E-state index contributed by atoms with van der Waals surface area (Å²) in [5.74, 6) is -1.09. The first kappa shape index (κ1) is 15.1. The average molecular weight is 291 g/mol. The Labute approximate surface area is 111 Å². The van der Waals surface area contributed by atoms with E-state index in [9.17, 15) is 13.2 Å². The van der Waals surface area contributed by atoms with Crippen molar-refractivity contribution in [2.75, 3.05) is 7.05 Å². The third-order valence-electron chi connectivity index (χ3n) is 2.93. The van der Waals surface area contributed by atoms with Crippen LogP contribution in [0.4, 0.5) is 0 Å². The van der Waals surface area contributed by atoms with Crippen molar-refractivity contribution in [1.82, 2.24) is 4.31 Å². The first-order chi connectivity index (χ1) is 8.21. The van der Waals surface area contributed by atoms with E-state index in [2.05, 4.69) is 0 Å². The molecule has 1 aromatic heterocycles. The molecule has 1 atom stereocenters. The Morgan fingerprint density at radius 3 is 2.50 bits per heavy atom. The molecule has 0 radical (unpaired) electrons. The number of nitrogens with zero attached hydrogens (tertiary/aromatic N) is 1. The van der Waals surface area contributed by atoms with Crippen LogP contribution in [0.5, 0.6) is 0 Å². The topological polar surface area (TPSA) is 74.7 Å². The molecule has 7 heteroatoms. The molecule has 0 aliphatic heterocycles. The Morgan fingerprint density at radius 2 is 2.11 bits per heavy atom. The molecule has 1 rings (SSSR count). The number of sulfonamides is 1. The molecule has 0 saturated heterocycles. The minimum absolute atomic E-state index is 0.0751. The van der Waals surface area contributed by atoms with E-state index >= 15 is 0 Å². The second-order valence-corrected chi connectivity index (χ2v) is 7.44. The van der Waals surface area contributed by atoms with E-state index in [0.717, 1.165) is 11.3 Å². The highest BCUT2D eigenvalue weighted by Crippen LogP contribution is 2.29. The Bertz CT molecular complexity index is 547. The number of carboxylic acid groups (broad SMARTS) is 1. The van der Waals surface area contributed by atoms with Gasteiger partial charge in [0.05, 0.1) is 0 Å². The summed E-state index contributed by atoms with van der Waals surface area (Å²) < 4.78 is 25.9. The molecular weight excluding hydrogens is 274 g/mol. The molecule has 18 heavy (non-hydrogen) atoms. The number of carbonyl (C=O) groups is 1. The Balaban J connectivity index is 3.21. The zero-order chi connectivity index (χ0) is 14.1. The van der Waals surface area contributed by atoms with Crippen molar-refractivity contribution in [2.45, 2.75) is 37.4 Å². The van der Waals surface area contributed by atoms with Gasteiger partial charge < -0.3 is 5.11 Å². The van der Waals surface area contributed by atoms with Crippen LogP contribution in [-0.2, 0) is 10.0 Å². The molecule has 1 unspecified atom stereocenters. The summed E-state index contributed by atoms with van der Waals surface area (Å²) in [6.45, 7) is 5.32. The van der Waals surface area contributed by atoms with Crippen LogP contribution in [0, 0.1) is 6.92 Å². The molecule has 1 aromatic rings. The SMILES string of the molecule is CCC(C)N(C)S(=O)(=O)c1cc(C)c(C(=O)O)s1. The van der Waals surface area contributed by atoms with Gasteiger partial charge in [-0.2, -0.15) is 4.31 Å². The van der Waals surface area contributed by atoms with Crippen LogP contribution in [-0.4, -0.2) is 36.9 Å². The lowest BCUT2D eigenvalue weighted by atomic mass is 10.3. The monoisotopic (exact) mass is 291 g/mol. The number of hydrogen-bond donors (Lipinski definition) is 1. The van der Waals surface area contributed by atoms with Crippen molar-refractivity contribution < 1.29 is 18.3 Å². The van der Waals surface area contributed by atoms with Gasteiger partial charge in [0.1, 0.15) is 9.09 Å². The highest BCUT2D eigenvalue weighted by atomic mass is 32.2. The standard InChI is InChI=1S/C11H17NO4S2/c1-5-8(3)12(4)18(15,16)9-6-7(2)10(17-9)11(13)14/h6,8H,5H2,1-4H3,(H,13,14). The molecule has 0 aromatic carbocycles. The second-order valence-electron chi connectivity index (χ2n) is 4.16. The van der Waals surface area contributed by atoms with E-state index in [1.165, 1.54) is 17.4 Å². The van der Waals surface area contributed by atoms with Crippen LogP contribution in [0.25, 0.3) is 0 Å². The predicted octanol–water partition coefficient (Wildman–Crippen LogP) is 2.17. The molecule has 102 valence electrons. The normalized spacial score (nSPS) is 13.8. The largest absolute Gasteiger partial charge is 0.477 e. The Morgan fingerprint density at radius 1 is 1.56 bits per heavy atom. The lowest BCUT2D eigenvalue weighted by Gasteiger charge is -2.22. The van der Waals surface area contributed by atoms with Crippen LogP contribution in [0.15, 0.2) is 10.3 Å². The first-order valence-electron chi connectivity index (χ1n) is 5.53. The number of carboxylic acids is 1. The van der Waals surface area contributed by atoms with E-state index in [0.29, 0.717) is 12.0 Å². The number of rotatable bonds is 5. The third-order valence-corrected chi connectivity index (χ3v) is 6.58. The molecule has 5 nitrogen and oxygen atoms in total. The van der Waals surface area contributed by atoms with Crippen LogP contribution < -0.4 is 0 Å². The maximum Gasteiger partial charge on any atom is 0.346 e. The summed E-state index contributed by atoms with van der Waals surface area (Å²) in [5, 5.41) is 8.94. The lowest BCUT2D eigenvalue weighted by molar-refractivity contribution is 0.0701. The van der Waals surface area contributed by atoms with E-state index < -0.39 is 16.0 Å². The fraction of sp³-hybridized carbons (Fsp3) is 0.545. The molecule has 1 heterocycles. The van der Waals surface area contributed by atoms with Crippen molar-refractivity contribution >= 4 is 27.3 Å². The summed E-state index contributed by atoms with van der Waals surface area (Å²) in [7, 11) is -2.08. The number of hydrogen-bond acceptors (Lipinski definition) is 4. The van der Waals surface area contributed by atoms with Gasteiger partial charge in [-0.25, -0.2) is 13.2 Å². The summed E-state index contributed by atoms with van der Waals surface area (Å²) in [6.07, 6.45) is 0.700. The minimum atomic E-state index is -3.60. The number of aromatic carboxylic acids is 1. The lowest BCUT2D eigenvalue weighted by Crippen LogP contribution is -2.34. The van der Waals surface area contributed by atoms with Gasteiger partial charge in [-0.3, -0.25) is 0 Å². The van der Waals surface area contributed by atoms with Gasteiger partial charge >= 0.3 is 5.97 Å². The zero-order valence-electron chi connectivity index (χ0n) is 10.8. The van der Waals surface area contributed by atoms with Crippen LogP contribution in [0.2, 0.25) is 0 Å². The van der Waals surface area contributed by atoms with E-state index in [-0.39, 0.29) is 15.1 Å². The third kappa shape index (κ3) is 2.73. The molecule has 0 aliphatic carbocycles. The average Bonchev–Trinajstić information content (AvgIpc) is 2.70. The smallest absolute Gasteiger partial charge is 0.346 e. The maximum absolute atomic E-state index is 12.3. The molecule has 0 amide bonds. The van der Waals surface area contributed by atoms with Crippen LogP contribution in [0.1, 0.15) is 35.5 Å². The van der Waals surface area contributed by atoms with Crippen molar-refractivity contribution in [3.63, 3.8) is 0 Å². The minimum Gasteiger partial charge on any atom is -0.477 e. The molecular formula is C11H17NO4S2. The molecule has 0 bridgehead atoms. The fourth-order valence-electron chi connectivity index (χ4n) is 1.43. The highest BCUT2D eigenvalue weighted by molar-refractivity contribution is 7.91. The summed E-state index contributed by atoms with van der Waals surface area (Å²) in [4.78, 5) is 11.0. The highest BCUT2D eigenvalue weighted by Gasteiger charge is 2.28.